The van der Waals surface area contributed by atoms with Crippen LogP contribution in [0.1, 0.15) is 62.5 Å². The van der Waals surface area contributed by atoms with Crippen LogP contribution < -0.4 is 10.1 Å². The lowest BCUT2D eigenvalue weighted by molar-refractivity contribution is -0.152. The van der Waals surface area contributed by atoms with Gasteiger partial charge in [-0.2, -0.15) is 0 Å². The summed E-state index contributed by atoms with van der Waals surface area (Å²) >= 11 is 0. The Labute approximate surface area is 150 Å². The van der Waals surface area contributed by atoms with Gasteiger partial charge in [0.25, 0.3) is 0 Å². The van der Waals surface area contributed by atoms with Crippen molar-refractivity contribution in [2.45, 2.75) is 63.8 Å². The van der Waals surface area contributed by atoms with Gasteiger partial charge in [0.05, 0.1) is 20.1 Å². The molecule has 0 saturated heterocycles. The smallest absolute Gasteiger partial charge is 0.331 e. The van der Waals surface area contributed by atoms with Crippen LogP contribution in [-0.4, -0.2) is 31.6 Å². The van der Waals surface area contributed by atoms with E-state index in [4.69, 9.17) is 9.47 Å². The number of hydrogen-bond acceptors (Lipinski definition) is 4. The van der Waals surface area contributed by atoms with Crippen LogP contribution >= 0.6 is 0 Å². The van der Waals surface area contributed by atoms with Crippen molar-refractivity contribution in [1.29, 1.82) is 0 Å². The SMILES string of the molecule is COC(=O)C1(NC(=O)C(C)c2ccc(OC)cc2C)CCCCCC1. The fraction of sp³-hybridized carbons (Fsp3) is 0.600. The number of aryl methyl sites for hydroxylation is 1. The largest absolute Gasteiger partial charge is 0.497 e. The van der Waals surface area contributed by atoms with E-state index < -0.39 is 5.54 Å². The predicted octanol–water partition coefficient (Wildman–Crippen LogP) is 3.49. The van der Waals surface area contributed by atoms with Gasteiger partial charge < -0.3 is 14.8 Å². The fourth-order valence-electron chi connectivity index (χ4n) is 3.65. The first kappa shape index (κ1) is 19.3. The molecular formula is C20H29NO4. The standard InChI is InChI=1S/C20H29NO4/c1-14-13-16(24-3)9-10-17(14)15(2)18(22)21-20(19(23)25-4)11-7-5-6-8-12-20/h9-10,13,15H,5-8,11-12H2,1-4H3,(H,21,22). The average molecular weight is 347 g/mol. The Balaban J connectivity index is 2.21. The summed E-state index contributed by atoms with van der Waals surface area (Å²) < 4.78 is 10.2. The number of carbonyl (C=O) groups excluding carboxylic acids is 2. The molecule has 1 amide bonds. The van der Waals surface area contributed by atoms with Gasteiger partial charge in [-0.25, -0.2) is 4.79 Å². The highest BCUT2D eigenvalue weighted by molar-refractivity contribution is 5.91. The van der Waals surface area contributed by atoms with Crippen LogP contribution in [-0.2, 0) is 14.3 Å². The third-order valence-electron chi connectivity index (χ3n) is 5.23. The summed E-state index contributed by atoms with van der Waals surface area (Å²) in [5.41, 5.74) is 1.04. The zero-order valence-corrected chi connectivity index (χ0v) is 15.7. The predicted molar refractivity (Wildman–Crippen MR) is 96.7 cm³/mol. The summed E-state index contributed by atoms with van der Waals surface area (Å²) in [5, 5.41) is 3.03. The lowest BCUT2D eigenvalue weighted by atomic mass is 9.88. The van der Waals surface area contributed by atoms with Crippen LogP contribution in [0.4, 0.5) is 0 Å². The molecule has 1 atom stereocenters. The van der Waals surface area contributed by atoms with Gasteiger partial charge >= 0.3 is 5.97 Å². The van der Waals surface area contributed by atoms with Crippen molar-refractivity contribution in [3.05, 3.63) is 29.3 Å². The third-order valence-corrected chi connectivity index (χ3v) is 5.23. The van der Waals surface area contributed by atoms with Crippen molar-refractivity contribution in [3.8, 4) is 5.75 Å². The summed E-state index contributed by atoms with van der Waals surface area (Å²) in [6, 6.07) is 5.69. The zero-order valence-electron chi connectivity index (χ0n) is 15.7. The number of carbonyl (C=O) groups is 2. The topological polar surface area (TPSA) is 64.6 Å². The van der Waals surface area contributed by atoms with Crippen LogP contribution in [0.15, 0.2) is 18.2 Å². The average Bonchev–Trinajstić information content (AvgIpc) is 2.86. The monoisotopic (exact) mass is 347 g/mol. The lowest BCUT2D eigenvalue weighted by Gasteiger charge is -2.32. The van der Waals surface area contributed by atoms with E-state index in [9.17, 15) is 9.59 Å². The Morgan fingerprint density at radius 2 is 1.76 bits per heavy atom. The van der Waals surface area contributed by atoms with Gasteiger partial charge in [-0.3, -0.25) is 4.79 Å². The molecule has 1 aliphatic rings. The zero-order chi connectivity index (χ0) is 18.4. The van der Waals surface area contributed by atoms with Crippen molar-refractivity contribution >= 4 is 11.9 Å². The molecule has 0 aliphatic heterocycles. The first-order valence-corrected chi connectivity index (χ1v) is 8.98. The Bertz CT molecular complexity index is 618. The summed E-state index contributed by atoms with van der Waals surface area (Å²) in [6.07, 6.45) is 5.29. The Morgan fingerprint density at radius 3 is 2.28 bits per heavy atom. The third kappa shape index (κ3) is 4.33. The maximum Gasteiger partial charge on any atom is 0.331 e. The fourth-order valence-corrected chi connectivity index (χ4v) is 3.65. The summed E-state index contributed by atoms with van der Waals surface area (Å²) in [6.45, 7) is 3.83. The molecule has 1 fully saturated rings. The molecule has 1 aliphatic carbocycles. The minimum absolute atomic E-state index is 0.138. The van der Waals surface area contributed by atoms with Crippen LogP contribution in [0.2, 0.25) is 0 Å². The van der Waals surface area contributed by atoms with Gasteiger partial charge in [0.15, 0.2) is 0 Å². The number of hydrogen-bond donors (Lipinski definition) is 1. The first-order chi connectivity index (χ1) is 11.9. The quantitative estimate of drug-likeness (QED) is 0.654. The first-order valence-electron chi connectivity index (χ1n) is 8.98. The Morgan fingerprint density at radius 1 is 1.12 bits per heavy atom. The normalized spacial score (nSPS) is 17.9. The van der Waals surface area contributed by atoms with Gasteiger partial charge in [-0.05, 0) is 49.9 Å². The maximum atomic E-state index is 12.9. The maximum absolute atomic E-state index is 12.9. The van der Waals surface area contributed by atoms with Crippen molar-refractivity contribution in [3.63, 3.8) is 0 Å². The number of nitrogens with one attached hydrogen (secondary N) is 1. The molecule has 138 valence electrons. The highest BCUT2D eigenvalue weighted by Crippen LogP contribution is 2.30. The van der Waals surface area contributed by atoms with E-state index in [0.29, 0.717) is 12.8 Å². The molecule has 5 heteroatoms. The molecule has 0 bridgehead atoms. The summed E-state index contributed by atoms with van der Waals surface area (Å²) in [7, 11) is 3.01. The van der Waals surface area contributed by atoms with Gasteiger partial charge in [-0.1, -0.05) is 31.7 Å². The molecule has 25 heavy (non-hydrogen) atoms. The number of benzene rings is 1. The Hall–Kier alpha value is -2.04. The minimum atomic E-state index is -0.892. The number of rotatable bonds is 5. The second kappa shape index (κ2) is 8.37. The van der Waals surface area contributed by atoms with Crippen molar-refractivity contribution in [1.82, 2.24) is 5.32 Å². The van der Waals surface area contributed by atoms with Crippen molar-refractivity contribution < 1.29 is 19.1 Å². The molecule has 0 aromatic heterocycles. The van der Waals surface area contributed by atoms with Gasteiger partial charge in [0, 0.05) is 0 Å². The second-order valence-corrected chi connectivity index (χ2v) is 6.92. The highest BCUT2D eigenvalue weighted by atomic mass is 16.5. The van der Waals surface area contributed by atoms with Crippen LogP contribution in [0.3, 0.4) is 0 Å². The van der Waals surface area contributed by atoms with E-state index in [1.807, 2.05) is 32.0 Å². The number of methoxy groups -OCH3 is 2. The molecule has 5 nitrogen and oxygen atoms in total. The van der Waals surface area contributed by atoms with E-state index >= 15 is 0 Å². The summed E-state index contributed by atoms with van der Waals surface area (Å²) in [4.78, 5) is 25.3. The van der Waals surface area contributed by atoms with Gasteiger partial charge in [-0.15, -0.1) is 0 Å². The number of ether oxygens (including phenoxy) is 2. The Kier molecular flexibility index (Phi) is 6.45. The van der Waals surface area contributed by atoms with Gasteiger partial charge in [0.2, 0.25) is 5.91 Å². The molecule has 2 rings (SSSR count). The molecule has 0 heterocycles. The van der Waals surface area contributed by atoms with E-state index in [1.165, 1.54) is 7.11 Å². The molecule has 0 radical (unpaired) electrons. The highest BCUT2D eigenvalue weighted by Gasteiger charge is 2.42. The van der Waals surface area contributed by atoms with E-state index in [1.54, 1.807) is 7.11 Å². The molecule has 1 aromatic rings. The molecular weight excluding hydrogens is 318 g/mol. The van der Waals surface area contributed by atoms with Crippen molar-refractivity contribution in [2.75, 3.05) is 14.2 Å². The van der Waals surface area contributed by atoms with Gasteiger partial charge in [0.1, 0.15) is 11.3 Å². The molecule has 1 saturated carbocycles. The minimum Gasteiger partial charge on any atom is -0.497 e. The van der Waals surface area contributed by atoms with E-state index in [-0.39, 0.29) is 17.8 Å². The van der Waals surface area contributed by atoms with Crippen molar-refractivity contribution in [2.24, 2.45) is 0 Å². The van der Waals surface area contributed by atoms with E-state index in [0.717, 1.165) is 42.6 Å². The van der Waals surface area contributed by atoms with Crippen LogP contribution in [0.5, 0.6) is 5.75 Å². The molecule has 1 N–H and O–H groups in total. The molecule has 1 aromatic carbocycles. The second-order valence-electron chi connectivity index (χ2n) is 6.92. The number of amides is 1. The van der Waals surface area contributed by atoms with Crippen LogP contribution in [0, 0.1) is 6.92 Å². The lowest BCUT2D eigenvalue weighted by Crippen LogP contribution is -2.55. The molecule has 1 unspecified atom stereocenters. The molecule has 0 spiro atoms. The van der Waals surface area contributed by atoms with Crippen LogP contribution in [0.25, 0.3) is 0 Å². The summed E-state index contributed by atoms with van der Waals surface area (Å²) in [5.74, 6) is -0.0543. The number of esters is 1. The van der Waals surface area contributed by atoms with E-state index in [2.05, 4.69) is 5.32 Å².